The molecule has 16 heavy (non-hydrogen) atoms. The van der Waals surface area contributed by atoms with Crippen molar-refractivity contribution in [1.29, 1.82) is 0 Å². The molecule has 3 heteroatoms. The van der Waals surface area contributed by atoms with Gasteiger partial charge in [0.15, 0.2) is 0 Å². The third-order valence-electron chi connectivity index (χ3n) is 5.04. The zero-order valence-electron chi connectivity index (χ0n) is 10.1. The fraction of sp³-hybridized carbons (Fsp3) is 1.00. The Morgan fingerprint density at radius 3 is 2.69 bits per heavy atom. The molecule has 92 valence electrons. The summed E-state index contributed by atoms with van der Waals surface area (Å²) in [5, 5.41) is 11.3. The molecule has 0 radical (unpaired) electrons. The molecule has 2 saturated heterocycles. The highest BCUT2D eigenvalue weighted by atomic mass is 32.2. The smallest absolute Gasteiger partial charge is 0.0800 e. The van der Waals surface area contributed by atoms with Crippen LogP contribution >= 0.6 is 11.8 Å². The number of rotatable bonds is 1. The van der Waals surface area contributed by atoms with Crippen molar-refractivity contribution in [2.75, 3.05) is 12.4 Å². The Kier molecular flexibility index (Phi) is 2.76. The second-order valence-electron chi connectivity index (χ2n) is 5.83. The predicted molar refractivity (Wildman–Crippen MR) is 66.7 cm³/mol. The average Bonchev–Trinajstić information content (AvgIpc) is 2.59. The van der Waals surface area contributed by atoms with E-state index >= 15 is 0 Å². The highest BCUT2D eigenvalue weighted by Crippen LogP contribution is 2.51. The van der Waals surface area contributed by atoms with Gasteiger partial charge in [0.2, 0.25) is 0 Å². The fourth-order valence-corrected chi connectivity index (χ4v) is 5.05. The second kappa shape index (κ2) is 3.89. The van der Waals surface area contributed by atoms with Crippen molar-refractivity contribution < 1.29 is 9.84 Å². The van der Waals surface area contributed by atoms with Crippen molar-refractivity contribution in [3.05, 3.63) is 0 Å². The van der Waals surface area contributed by atoms with Gasteiger partial charge in [-0.3, -0.25) is 0 Å². The molecule has 3 unspecified atom stereocenters. The van der Waals surface area contributed by atoms with E-state index in [9.17, 15) is 5.11 Å². The summed E-state index contributed by atoms with van der Waals surface area (Å²) in [5.74, 6) is 1.61. The Morgan fingerprint density at radius 2 is 2.12 bits per heavy atom. The summed E-state index contributed by atoms with van der Waals surface area (Å²) in [6.45, 7) is 3.06. The quantitative estimate of drug-likeness (QED) is 0.766. The van der Waals surface area contributed by atoms with Gasteiger partial charge in [0, 0.05) is 11.9 Å². The van der Waals surface area contributed by atoms with Crippen molar-refractivity contribution in [2.45, 2.75) is 61.9 Å². The molecule has 2 nitrogen and oxygen atoms in total. The van der Waals surface area contributed by atoms with E-state index in [1.807, 2.05) is 11.8 Å². The molecule has 3 rings (SSSR count). The SMILES string of the molecule is CC1SCCC1(O)C1CCOC2(CCC2)C1. The molecule has 0 amide bonds. The summed E-state index contributed by atoms with van der Waals surface area (Å²) in [4.78, 5) is 0. The van der Waals surface area contributed by atoms with Gasteiger partial charge in [0.1, 0.15) is 0 Å². The number of hydrogen-bond acceptors (Lipinski definition) is 3. The van der Waals surface area contributed by atoms with Gasteiger partial charge in [-0.15, -0.1) is 0 Å². The minimum atomic E-state index is -0.406. The summed E-state index contributed by atoms with van der Waals surface area (Å²) in [6.07, 6.45) is 6.91. The number of hydrogen-bond donors (Lipinski definition) is 1. The Balaban J connectivity index is 1.74. The largest absolute Gasteiger partial charge is 0.388 e. The lowest BCUT2D eigenvalue weighted by Gasteiger charge is -2.51. The Hall–Kier alpha value is 0.270. The van der Waals surface area contributed by atoms with Gasteiger partial charge in [-0.1, -0.05) is 6.92 Å². The third kappa shape index (κ3) is 1.63. The monoisotopic (exact) mass is 242 g/mol. The minimum Gasteiger partial charge on any atom is -0.388 e. The molecule has 2 aliphatic heterocycles. The zero-order valence-corrected chi connectivity index (χ0v) is 10.9. The van der Waals surface area contributed by atoms with Crippen LogP contribution in [0.1, 0.15) is 45.4 Å². The molecule has 0 aromatic rings. The van der Waals surface area contributed by atoms with E-state index in [2.05, 4.69) is 6.92 Å². The summed E-state index contributed by atoms with van der Waals surface area (Å²) < 4.78 is 5.95. The topological polar surface area (TPSA) is 29.5 Å². The highest BCUT2D eigenvalue weighted by Gasteiger charge is 2.52. The van der Waals surface area contributed by atoms with Gasteiger partial charge >= 0.3 is 0 Å². The van der Waals surface area contributed by atoms with Crippen LogP contribution in [-0.2, 0) is 4.74 Å². The van der Waals surface area contributed by atoms with Crippen LogP contribution in [0.3, 0.4) is 0 Å². The van der Waals surface area contributed by atoms with Crippen molar-refractivity contribution in [1.82, 2.24) is 0 Å². The first-order valence-electron chi connectivity index (χ1n) is 6.63. The van der Waals surface area contributed by atoms with Crippen LogP contribution in [-0.4, -0.2) is 33.9 Å². The van der Waals surface area contributed by atoms with Gasteiger partial charge in [0.25, 0.3) is 0 Å². The second-order valence-corrected chi connectivity index (χ2v) is 7.28. The van der Waals surface area contributed by atoms with Crippen molar-refractivity contribution in [3.8, 4) is 0 Å². The normalized spacial score (nSPS) is 46.9. The lowest BCUT2D eigenvalue weighted by Crippen LogP contribution is -2.53. The third-order valence-corrected chi connectivity index (χ3v) is 6.39. The molecule has 3 aliphatic rings. The maximum absolute atomic E-state index is 10.9. The maximum Gasteiger partial charge on any atom is 0.0800 e. The average molecular weight is 242 g/mol. The number of aliphatic hydroxyl groups is 1. The Bertz CT molecular complexity index is 277. The fourth-order valence-electron chi connectivity index (χ4n) is 3.66. The van der Waals surface area contributed by atoms with E-state index in [-0.39, 0.29) is 5.60 Å². The summed E-state index contributed by atoms with van der Waals surface area (Å²) in [7, 11) is 0. The molecule has 1 saturated carbocycles. The van der Waals surface area contributed by atoms with Crippen LogP contribution in [0.4, 0.5) is 0 Å². The van der Waals surface area contributed by atoms with Crippen LogP contribution < -0.4 is 0 Å². The van der Waals surface area contributed by atoms with Gasteiger partial charge in [-0.25, -0.2) is 0 Å². The molecule has 1 N–H and O–H groups in total. The van der Waals surface area contributed by atoms with Crippen LogP contribution in [0, 0.1) is 5.92 Å². The molecule has 0 aromatic heterocycles. The van der Waals surface area contributed by atoms with E-state index < -0.39 is 5.60 Å². The first kappa shape index (κ1) is 11.4. The summed E-state index contributed by atoms with van der Waals surface area (Å²) in [5.41, 5.74) is -0.233. The van der Waals surface area contributed by atoms with Gasteiger partial charge in [-0.2, -0.15) is 11.8 Å². The molecule has 1 spiro atoms. The van der Waals surface area contributed by atoms with Crippen LogP contribution in [0.25, 0.3) is 0 Å². The first-order valence-corrected chi connectivity index (χ1v) is 7.67. The predicted octanol–water partition coefficient (Wildman–Crippen LogP) is 2.59. The molecule has 2 heterocycles. The van der Waals surface area contributed by atoms with Crippen molar-refractivity contribution in [2.24, 2.45) is 5.92 Å². The summed E-state index contributed by atoms with van der Waals surface area (Å²) in [6, 6.07) is 0. The van der Waals surface area contributed by atoms with Crippen LogP contribution in [0.15, 0.2) is 0 Å². The van der Waals surface area contributed by atoms with Gasteiger partial charge < -0.3 is 9.84 Å². The number of ether oxygens (including phenoxy) is 1. The lowest BCUT2D eigenvalue weighted by atomic mass is 9.66. The Morgan fingerprint density at radius 1 is 1.31 bits per heavy atom. The molecule has 3 atom stereocenters. The van der Waals surface area contributed by atoms with E-state index in [4.69, 9.17) is 4.74 Å². The summed E-state index contributed by atoms with van der Waals surface area (Å²) >= 11 is 1.93. The zero-order chi connectivity index (χ0) is 11.2. The molecule has 1 aliphatic carbocycles. The van der Waals surface area contributed by atoms with Crippen LogP contribution in [0.2, 0.25) is 0 Å². The lowest BCUT2D eigenvalue weighted by molar-refractivity contribution is -0.174. The van der Waals surface area contributed by atoms with Gasteiger partial charge in [0.05, 0.1) is 11.2 Å². The molecule has 0 bridgehead atoms. The standard InChI is InChI=1S/C13H22O2S/c1-10-13(14,6-8-16-10)11-3-7-15-12(9-11)4-2-5-12/h10-11,14H,2-9H2,1H3. The van der Waals surface area contributed by atoms with E-state index in [0.29, 0.717) is 11.2 Å². The van der Waals surface area contributed by atoms with Gasteiger partial charge in [-0.05, 0) is 50.2 Å². The maximum atomic E-state index is 10.9. The van der Waals surface area contributed by atoms with Crippen LogP contribution in [0.5, 0.6) is 0 Å². The van der Waals surface area contributed by atoms with E-state index in [1.54, 1.807) is 0 Å². The van der Waals surface area contributed by atoms with Crippen molar-refractivity contribution in [3.63, 3.8) is 0 Å². The molecule has 3 fully saturated rings. The first-order chi connectivity index (χ1) is 7.65. The minimum absolute atomic E-state index is 0.172. The molecule has 0 aromatic carbocycles. The van der Waals surface area contributed by atoms with E-state index in [0.717, 1.165) is 31.6 Å². The number of thioether (sulfide) groups is 1. The Labute approximate surface area is 102 Å². The van der Waals surface area contributed by atoms with Crippen molar-refractivity contribution >= 4 is 11.8 Å². The molecular weight excluding hydrogens is 220 g/mol. The highest BCUT2D eigenvalue weighted by molar-refractivity contribution is 8.00. The molecular formula is C13H22O2S. The van der Waals surface area contributed by atoms with E-state index in [1.165, 1.54) is 19.3 Å².